The molecule has 8 nitrogen and oxygen atoms in total. The van der Waals surface area contributed by atoms with Gasteiger partial charge in [0, 0.05) is 25.9 Å². The third kappa shape index (κ3) is 4.32. The Morgan fingerprint density at radius 2 is 2.10 bits per heavy atom. The molecule has 0 saturated carbocycles. The standard InChI is InChI=1S/C22H25N5O3S/c1-14(2)13-26-21(29)20-17(9-10-31-20)27-18(24-25-22(26)27)7-8-19(28)23-12-15-5-4-6-16(11-15)30-3/h4-6,9-11,14H,7-8,12-13H2,1-3H3,(H,23,28). The fourth-order valence-electron chi connectivity index (χ4n) is 3.57. The van der Waals surface area contributed by atoms with Gasteiger partial charge in [0.25, 0.3) is 5.56 Å². The smallest absolute Gasteiger partial charge is 0.272 e. The van der Waals surface area contributed by atoms with Gasteiger partial charge in [-0.1, -0.05) is 26.0 Å². The van der Waals surface area contributed by atoms with Crippen molar-refractivity contribution in [2.24, 2.45) is 5.92 Å². The zero-order valence-electron chi connectivity index (χ0n) is 17.8. The first-order chi connectivity index (χ1) is 15.0. The normalized spacial score (nSPS) is 11.5. The van der Waals surface area contributed by atoms with E-state index in [4.69, 9.17) is 4.74 Å². The topological polar surface area (TPSA) is 90.5 Å². The van der Waals surface area contributed by atoms with Gasteiger partial charge in [0.15, 0.2) is 0 Å². The number of aromatic nitrogens is 4. The van der Waals surface area contributed by atoms with Crippen LogP contribution < -0.4 is 15.6 Å². The van der Waals surface area contributed by atoms with E-state index in [0.717, 1.165) is 16.8 Å². The van der Waals surface area contributed by atoms with Crippen molar-refractivity contribution in [2.75, 3.05) is 7.11 Å². The van der Waals surface area contributed by atoms with Crippen LogP contribution in [0.15, 0.2) is 40.5 Å². The Hall–Kier alpha value is -3.20. The van der Waals surface area contributed by atoms with Crippen LogP contribution in [0.4, 0.5) is 0 Å². The predicted molar refractivity (Wildman–Crippen MR) is 121 cm³/mol. The number of amides is 1. The summed E-state index contributed by atoms with van der Waals surface area (Å²) in [6, 6.07) is 9.50. The summed E-state index contributed by atoms with van der Waals surface area (Å²) in [6.45, 7) is 5.12. The number of nitrogens with one attached hydrogen (secondary N) is 1. The lowest BCUT2D eigenvalue weighted by Gasteiger charge is -2.11. The Morgan fingerprint density at radius 1 is 1.26 bits per heavy atom. The summed E-state index contributed by atoms with van der Waals surface area (Å²) >= 11 is 1.42. The average Bonchev–Trinajstić information content (AvgIpc) is 3.40. The van der Waals surface area contributed by atoms with Gasteiger partial charge in [0.2, 0.25) is 11.7 Å². The Kier molecular flexibility index (Phi) is 6.03. The molecule has 3 heterocycles. The van der Waals surface area contributed by atoms with Gasteiger partial charge in [-0.2, -0.15) is 0 Å². The second-order valence-electron chi connectivity index (χ2n) is 7.82. The number of thiophene rings is 1. The molecule has 31 heavy (non-hydrogen) atoms. The number of benzene rings is 1. The van der Waals surface area contributed by atoms with Gasteiger partial charge in [-0.3, -0.25) is 18.6 Å². The summed E-state index contributed by atoms with van der Waals surface area (Å²) in [5, 5.41) is 13.4. The molecule has 0 atom stereocenters. The van der Waals surface area contributed by atoms with E-state index < -0.39 is 0 Å². The Labute approximate surface area is 183 Å². The van der Waals surface area contributed by atoms with E-state index in [0.29, 0.717) is 41.7 Å². The maximum atomic E-state index is 12.9. The Balaban J connectivity index is 1.53. The van der Waals surface area contributed by atoms with Crippen LogP contribution in [0, 0.1) is 5.92 Å². The van der Waals surface area contributed by atoms with Gasteiger partial charge in [-0.15, -0.1) is 21.5 Å². The summed E-state index contributed by atoms with van der Waals surface area (Å²) < 4.78 is 9.48. The fourth-order valence-corrected chi connectivity index (χ4v) is 4.39. The summed E-state index contributed by atoms with van der Waals surface area (Å²) in [5.41, 5.74) is 1.72. The summed E-state index contributed by atoms with van der Waals surface area (Å²) in [7, 11) is 1.62. The molecular weight excluding hydrogens is 414 g/mol. The molecule has 0 bridgehead atoms. The van der Waals surface area contributed by atoms with Crippen molar-refractivity contribution in [3.05, 3.63) is 57.5 Å². The predicted octanol–water partition coefficient (Wildman–Crippen LogP) is 3.02. The molecular formula is C22H25N5O3S. The van der Waals surface area contributed by atoms with Crippen molar-refractivity contribution in [2.45, 2.75) is 39.8 Å². The first-order valence-corrected chi connectivity index (χ1v) is 11.1. The van der Waals surface area contributed by atoms with Crippen LogP contribution in [0.2, 0.25) is 0 Å². The highest BCUT2D eigenvalue weighted by atomic mass is 32.1. The molecule has 0 aliphatic rings. The van der Waals surface area contributed by atoms with Crippen LogP contribution in [-0.2, 0) is 24.3 Å². The Bertz CT molecular complexity index is 1290. The molecule has 4 rings (SSSR count). The average molecular weight is 440 g/mol. The van der Waals surface area contributed by atoms with Crippen LogP contribution in [-0.4, -0.2) is 32.2 Å². The SMILES string of the molecule is COc1cccc(CNC(=O)CCc2nnc3n(CC(C)C)c(=O)c4sccc4n23)c1. The van der Waals surface area contributed by atoms with Gasteiger partial charge < -0.3 is 10.1 Å². The van der Waals surface area contributed by atoms with Gasteiger partial charge >= 0.3 is 0 Å². The largest absolute Gasteiger partial charge is 0.497 e. The minimum Gasteiger partial charge on any atom is -0.497 e. The van der Waals surface area contributed by atoms with E-state index in [1.807, 2.05) is 40.1 Å². The van der Waals surface area contributed by atoms with Gasteiger partial charge in [0.05, 0.1) is 12.6 Å². The molecule has 0 saturated heterocycles. The maximum absolute atomic E-state index is 12.9. The molecule has 1 amide bonds. The Morgan fingerprint density at radius 3 is 2.87 bits per heavy atom. The number of hydrogen-bond donors (Lipinski definition) is 1. The number of hydrogen-bond acceptors (Lipinski definition) is 6. The molecule has 1 N–H and O–H groups in total. The monoisotopic (exact) mass is 439 g/mol. The minimum absolute atomic E-state index is 0.0406. The zero-order chi connectivity index (χ0) is 22.0. The number of carbonyl (C=O) groups excluding carboxylic acids is 1. The number of aryl methyl sites for hydroxylation is 1. The second kappa shape index (κ2) is 8.89. The number of methoxy groups -OCH3 is 1. The van der Waals surface area contributed by atoms with E-state index in [1.54, 1.807) is 11.7 Å². The first-order valence-electron chi connectivity index (χ1n) is 10.2. The van der Waals surface area contributed by atoms with E-state index >= 15 is 0 Å². The van der Waals surface area contributed by atoms with Crippen molar-refractivity contribution < 1.29 is 9.53 Å². The lowest BCUT2D eigenvalue weighted by molar-refractivity contribution is -0.121. The molecule has 0 aliphatic carbocycles. The highest BCUT2D eigenvalue weighted by molar-refractivity contribution is 7.17. The molecule has 0 unspecified atom stereocenters. The minimum atomic E-state index is -0.0726. The molecule has 3 aromatic heterocycles. The quantitative estimate of drug-likeness (QED) is 0.456. The molecule has 1 aromatic carbocycles. The molecule has 162 valence electrons. The molecule has 0 spiro atoms. The van der Waals surface area contributed by atoms with Crippen LogP contribution in [0.3, 0.4) is 0 Å². The zero-order valence-corrected chi connectivity index (χ0v) is 18.6. The number of ether oxygens (including phenoxy) is 1. The summed E-state index contributed by atoms with van der Waals surface area (Å²) in [6.07, 6.45) is 0.704. The van der Waals surface area contributed by atoms with Crippen LogP contribution in [0.25, 0.3) is 16.0 Å². The molecule has 9 heteroatoms. The van der Waals surface area contributed by atoms with Crippen molar-refractivity contribution in [3.63, 3.8) is 0 Å². The number of nitrogens with zero attached hydrogens (tertiary/aromatic N) is 4. The lowest BCUT2D eigenvalue weighted by Crippen LogP contribution is -2.25. The van der Waals surface area contributed by atoms with E-state index in [1.165, 1.54) is 11.3 Å². The molecule has 4 aromatic rings. The van der Waals surface area contributed by atoms with E-state index in [-0.39, 0.29) is 17.9 Å². The third-order valence-corrected chi connectivity index (χ3v) is 5.92. The van der Waals surface area contributed by atoms with Gasteiger partial charge in [-0.25, -0.2) is 0 Å². The number of rotatable bonds is 8. The van der Waals surface area contributed by atoms with Crippen molar-refractivity contribution >= 4 is 33.2 Å². The van der Waals surface area contributed by atoms with Crippen molar-refractivity contribution in [1.82, 2.24) is 24.5 Å². The van der Waals surface area contributed by atoms with Crippen molar-refractivity contribution in [3.8, 4) is 5.75 Å². The molecule has 0 aliphatic heterocycles. The van der Waals surface area contributed by atoms with Crippen LogP contribution in [0.5, 0.6) is 5.75 Å². The first kappa shape index (κ1) is 21.0. The van der Waals surface area contributed by atoms with Gasteiger partial charge in [0.1, 0.15) is 16.3 Å². The number of carbonyl (C=O) groups is 1. The third-order valence-electron chi connectivity index (χ3n) is 5.03. The lowest BCUT2D eigenvalue weighted by atomic mass is 10.2. The highest BCUT2D eigenvalue weighted by Gasteiger charge is 2.18. The summed E-state index contributed by atoms with van der Waals surface area (Å²) in [4.78, 5) is 25.3. The molecule has 0 radical (unpaired) electrons. The maximum Gasteiger partial charge on any atom is 0.272 e. The fraction of sp³-hybridized carbons (Fsp3) is 0.364. The summed E-state index contributed by atoms with van der Waals surface area (Å²) in [5.74, 6) is 2.18. The van der Waals surface area contributed by atoms with Crippen LogP contribution in [0.1, 0.15) is 31.7 Å². The molecule has 0 fully saturated rings. The van der Waals surface area contributed by atoms with E-state index in [2.05, 4.69) is 29.4 Å². The van der Waals surface area contributed by atoms with Gasteiger partial charge in [-0.05, 0) is 35.1 Å². The highest BCUT2D eigenvalue weighted by Crippen LogP contribution is 2.21. The number of fused-ring (bicyclic) bond motifs is 3. The second-order valence-corrected chi connectivity index (χ2v) is 8.74. The van der Waals surface area contributed by atoms with Crippen LogP contribution >= 0.6 is 11.3 Å². The van der Waals surface area contributed by atoms with E-state index in [9.17, 15) is 9.59 Å². The van der Waals surface area contributed by atoms with Crippen molar-refractivity contribution in [1.29, 1.82) is 0 Å².